The topological polar surface area (TPSA) is 46.9 Å². The van der Waals surface area contributed by atoms with Crippen LogP contribution in [0.15, 0.2) is 0 Å². The van der Waals surface area contributed by atoms with E-state index in [-0.39, 0.29) is 5.69 Å². The molecule has 0 bridgehead atoms. The second kappa shape index (κ2) is 7.33. The van der Waals surface area contributed by atoms with E-state index < -0.39 is 70.5 Å². The van der Waals surface area contributed by atoms with Crippen LogP contribution in [0.3, 0.4) is 0 Å². The first-order valence-electron chi connectivity index (χ1n) is 6.97. The van der Waals surface area contributed by atoms with Gasteiger partial charge in [0.15, 0.2) is 29.0 Å². The summed E-state index contributed by atoms with van der Waals surface area (Å²) in [4.78, 5) is 11.7. The minimum absolute atomic E-state index is 0.131. The number of hydrogen-bond donors (Lipinski definition) is 1. The molecule has 0 aliphatic rings. The molecule has 0 fully saturated rings. The van der Waals surface area contributed by atoms with E-state index in [0.29, 0.717) is 0 Å². The minimum Gasteiger partial charge on any atom is -0.321 e. The van der Waals surface area contributed by atoms with Gasteiger partial charge in [0, 0.05) is 6.42 Å². The molecule has 148 valence electrons. The largest absolute Gasteiger partial charge is 0.436 e. The molecule has 13 heteroatoms. The van der Waals surface area contributed by atoms with Crippen LogP contribution in [0.25, 0.3) is 0 Å². The van der Waals surface area contributed by atoms with Gasteiger partial charge in [0.25, 0.3) is 0 Å². The van der Waals surface area contributed by atoms with E-state index in [9.17, 15) is 39.9 Å². The lowest BCUT2D eigenvalue weighted by Crippen LogP contribution is -2.19. The highest BCUT2D eigenvalue weighted by Crippen LogP contribution is 2.35. The second-order valence-corrected chi connectivity index (χ2v) is 5.59. The molecule has 27 heavy (non-hydrogen) atoms. The summed E-state index contributed by atoms with van der Waals surface area (Å²) in [5, 5.41) is 4.00. The third-order valence-corrected chi connectivity index (χ3v) is 3.88. The van der Waals surface area contributed by atoms with Crippen molar-refractivity contribution in [2.24, 2.45) is 0 Å². The zero-order chi connectivity index (χ0) is 20.7. The molecule has 0 saturated heterocycles. The van der Waals surface area contributed by atoms with E-state index in [2.05, 4.69) is 5.10 Å². The first-order chi connectivity index (χ1) is 12.4. The lowest BCUT2D eigenvalue weighted by atomic mass is 10.2. The maximum atomic E-state index is 13.5. The van der Waals surface area contributed by atoms with Crippen LogP contribution < -0.4 is 5.32 Å². The normalized spacial score (nSPS) is 11.8. The van der Waals surface area contributed by atoms with E-state index in [1.807, 2.05) is 0 Å². The van der Waals surface area contributed by atoms with Crippen LogP contribution in [0.4, 0.5) is 40.8 Å². The highest BCUT2D eigenvalue weighted by atomic mass is 35.5. The van der Waals surface area contributed by atoms with Gasteiger partial charge < -0.3 is 5.32 Å². The standard InChI is InChI=1S/C14H8ClF8N3O/c1-4-6(15)13(14(21,22)23)25-26(4)3-2-5(27)24-12-10(19)8(17)7(16)9(18)11(12)20/h2-3H2,1H3,(H,24,27). The van der Waals surface area contributed by atoms with Gasteiger partial charge in [0.1, 0.15) is 5.69 Å². The summed E-state index contributed by atoms with van der Waals surface area (Å²) in [6.45, 7) is 0.690. The molecule has 0 atom stereocenters. The van der Waals surface area contributed by atoms with Crippen LogP contribution >= 0.6 is 11.6 Å². The molecule has 1 aromatic heterocycles. The van der Waals surface area contributed by atoms with Crippen molar-refractivity contribution in [3.8, 4) is 0 Å². The molecule has 0 unspecified atom stereocenters. The molecule has 0 radical (unpaired) electrons. The number of nitrogens with zero attached hydrogens (tertiary/aromatic N) is 2. The number of nitrogens with one attached hydrogen (secondary N) is 1. The highest BCUT2D eigenvalue weighted by molar-refractivity contribution is 6.31. The van der Waals surface area contributed by atoms with Gasteiger partial charge in [-0.3, -0.25) is 9.48 Å². The maximum Gasteiger partial charge on any atom is 0.436 e. The van der Waals surface area contributed by atoms with Crippen molar-refractivity contribution in [3.05, 3.63) is 45.5 Å². The predicted molar refractivity (Wildman–Crippen MR) is 76.5 cm³/mol. The number of alkyl halides is 3. The van der Waals surface area contributed by atoms with Gasteiger partial charge in [-0.15, -0.1) is 0 Å². The molecule has 1 amide bonds. The Morgan fingerprint density at radius 2 is 1.52 bits per heavy atom. The molecule has 1 N–H and O–H groups in total. The third kappa shape index (κ3) is 3.99. The first kappa shape index (κ1) is 20.9. The lowest BCUT2D eigenvalue weighted by molar-refractivity contribution is -0.141. The van der Waals surface area contributed by atoms with Gasteiger partial charge in [-0.05, 0) is 6.92 Å². The number of carbonyl (C=O) groups is 1. The number of halogens is 9. The zero-order valence-corrected chi connectivity index (χ0v) is 13.9. The monoisotopic (exact) mass is 421 g/mol. The Morgan fingerprint density at radius 3 is 1.96 bits per heavy atom. The van der Waals surface area contributed by atoms with Crippen molar-refractivity contribution < 1.29 is 39.9 Å². The summed E-state index contributed by atoms with van der Waals surface area (Å²) in [6.07, 6.45) is -5.53. The Kier molecular flexibility index (Phi) is 5.68. The van der Waals surface area contributed by atoms with Crippen molar-refractivity contribution in [2.45, 2.75) is 26.1 Å². The molecule has 1 heterocycles. The predicted octanol–water partition coefficient (Wildman–Crippen LogP) is 4.59. The van der Waals surface area contributed by atoms with Crippen LogP contribution in [0.1, 0.15) is 17.8 Å². The molecular formula is C14H8ClF8N3O. The Hall–Kier alpha value is -2.37. The quantitative estimate of drug-likeness (QED) is 0.446. The minimum atomic E-state index is -4.84. The molecule has 0 aliphatic heterocycles. The van der Waals surface area contributed by atoms with Crippen molar-refractivity contribution in [2.75, 3.05) is 5.32 Å². The number of hydrogen-bond acceptors (Lipinski definition) is 2. The summed E-state index contributed by atoms with van der Waals surface area (Å²) in [5.74, 6) is -12.6. The summed E-state index contributed by atoms with van der Waals surface area (Å²) in [7, 11) is 0. The summed E-state index contributed by atoms with van der Waals surface area (Å²) in [5.41, 5.74) is -3.09. The van der Waals surface area contributed by atoms with Crippen LogP contribution in [0.2, 0.25) is 5.02 Å². The fraction of sp³-hybridized carbons (Fsp3) is 0.286. The van der Waals surface area contributed by atoms with Gasteiger partial charge in [0.05, 0.1) is 17.3 Å². The molecule has 2 aromatic rings. The molecule has 0 saturated carbocycles. The Bertz CT molecular complexity index is 880. The van der Waals surface area contributed by atoms with Gasteiger partial charge in [-0.25, -0.2) is 22.0 Å². The van der Waals surface area contributed by atoms with Crippen molar-refractivity contribution in [3.63, 3.8) is 0 Å². The fourth-order valence-corrected chi connectivity index (χ4v) is 2.29. The SMILES string of the molecule is Cc1c(Cl)c(C(F)(F)F)nn1CCC(=O)Nc1c(F)c(F)c(F)c(F)c1F. The van der Waals surface area contributed by atoms with E-state index in [4.69, 9.17) is 11.6 Å². The van der Waals surface area contributed by atoms with Crippen LogP contribution in [-0.4, -0.2) is 15.7 Å². The lowest BCUT2D eigenvalue weighted by Gasteiger charge is -2.10. The maximum absolute atomic E-state index is 13.5. The fourth-order valence-electron chi connectivity index (χ4n) is 2.05. The van der Waals surface area contributed by atoms with Crippen molar-refractivity contribution in [1.82, 2.24) is 9.78 Å². The molecule has 4 nitrogen and oxygen atoms in total. The number of aromatic nitrogens is 2. The third-order valence-electron chi connectivity index (χ3n) is 3.43. The summed E-state index contributed by atoms with van der Waals surface area (Å²) in [6, 6.07) is 0. The number of benzene rings is 1. The number of amides is 1. The van der Waals surface area contributed by atoms with E-state index in [0.717, 1.165) is 4.68 Å². The van der Waals surface area contributed by atoms with E-state index in [1.165, 1.54) is 12.2 Å². The van der Waals surface area contributed by atoms with Gasteiger partial charge in [0.2, 0.25) is 11.7 Å². The highest BCUT2D eigenvalue weighted by Gasteiger charge is 2.38. The Balaban J connectivity index is 2.17. The van der Waals surface area contributed by atoms with E-state index >= 15 is 0 Å². The summed E-state index contributed by atoms with van der Waals surface area (Å²) < 4.78 is 105. The number of rotatable bonds is 4. The second-order valence-electron chi connectivity index (χ2n) is 5.21. The van der Waals surface area contributed by atoms with Crippen LogP contribution in [-0.2, 0) is 17.5 Å². The van der Waals surface area contributed by atoms with Gasteiger partial charge in [-0.1, -0.05) is 11.6 Å². The van der Waals surface area contributed by atoms with Gasteiger partial charge in [-0.2, -0.15) is 18.3 Å². The van der Waals surface area contributed by atoms with Crippen LogP contribution in [0, 0.1) is 36.0 Å². The average Bonchev–Trinajstić information content (AvgIpc) is 2.88. The van der Waals surface area contributed by atoms with E-state index in [1.54, 1.807) is 0 Å². The van der Waals surface area contributed by atoms with Crippen molar-refractivity contribution >= 4 is 23.2 Å². The number of anilines is 1. The number of aryl methyl sites for hydroxylation is 1. The first-order valence-corrected chi connectivity index (χ1v) is 7.35. The molecule has 0 aliphatic carbocycles. The van der Waals surface area contributed by atoms with Crippen LogP contribution in [0.5, 0.6) is 0 Å². The molecule has 0 spiro atoms. The smallest absolute Gasteiger partial charge is 0.321 e. The molecule has 2 rings (SSSR count). The molecular weight excluding hydrogens is 414 g/mol. The zero-order valence-electron chi connectivity index (χ0n) is 13.1. The average molecular weight is 422 g/mol. The van der Waals surface area contributed by atoms with Gasteiger partial charge >= 0.3 is 6.18 Å². The number of carbonyl (C=O) groups excluding carboxylic acids is 1. The molecule has 1 aromatic carbocycles. The summed E-state index contributed by atoms with van der Waals surface area (Å²) >= 11 is 5.51. The Morgan fingerprint density at radius 1 is 1.04 bits per heavy atom. The Labute approximate surface area is 150 Å². The van der Waals surface area contributed by atoms with Crippen molar-refractivity contribution in [1.29, 1.82) is 0 Å².